The third-order valence-electron chi connectivity index (χ3n) is 2.13. The van der Waals surface area contributed by atoms with Gasteiger partial charge in [-0.15, -0.1) is 0 Å². The van der Waals surface area contributed by atoms with Crippen LogP contribution in [-0.2, 0) is 4.74 Å². The number of aliphatic hydroxyl groups excluding tert-OH is 1. The molecule has 1 aromatic carbocycles. The third kappa shape index (κ3) is 4.84. The van der Waals surface area contributed by atoms with Gasteiger partial charge in [0.1, 0.15) is 12.4 Å². The monoisotopic (exact) mass is 239 g/mol. The van der Waals surface area contributed by atoms with Crippen molar-refractivity contribution in [2.45, 2.75) is 6.92 Å². The van der Waals surface area contributed by atoms with Crippen molar-refractivity contribution in [2.24, 2.45) is 5.16 Å². The van der Waals surface area contributed by atoms with Gasteiger partial charge in [-0.25, -0.2) is 0 Å². The molecule has 0 bridgehead atoms. The molecule has 0 radical (unpaired) electrons. The van der Waals surface area contributed by atoms with Crippen LogP contribution in [0.1, 0.15) is 12.5 Å². The molecule has 1 rings (SSSR count). The van der Waals surface area contributed by atoms with E-state index in [-0.39, 0.29) is 6.61 Å². The summed E-state index contributed by atoms with van der Waals surface area (Å²) in [5, 5.41) is 20.3. The lowest BCUT2D eigenvalue weighted by Crippen LogP contribution is -2.09. The lowest BCUT2D eigenvalue weighted by Gasteiger charge is -2.07. The maximum absolute atomic E-state index is 8.66. The number of rotatable bonds is 7. The first-order valence-corrected chi connectivity index (χ1v) is 5.38. The van der Waals surface area contributed by atoms with E-state index in [1.165, 1.54) is 0 Å². The maximum atomic E-state index is 8.66. The van der Waals surface area contributed by atoms with Gasteiger partial charge in [0.15, 0.2) is 0 Å². The summed E-state index contributed by atoms with van der Waals surface area (Å²) in [6, 6.07) is 7.28. The minimum absolute atomic E-state index is 0.0155. The van der Waals surface area contributed by atoms with E-state index >= 15 is 0 Å². The second-order valence-electron chi connectivity index (χ2n) is 3.40. The minimum atomic E-state index is 0.0155. The molecule has 0 aliphatic heterocycles. The fourth-order valence-corrected chi connectivity index (χ4v) is 1.25. The van der Waals surface area contributed by atoms with Crippen LogP contribution >= 0.6 is 0 Å². The van der Waals surface area contributed by atoms with Crippen molar-refractivity contribution in [1.29, 1.82) is 0 Å². The zero-order valence-corrected chi connectivity index (χ0v) is 9.80. The van der Waals surface area contributed by atoms with Crippen molar-refractivity contribution in [3.05, 3.63) is 29.8 Å². The average Bonchev–Trinajstić information content (AvgIpc) is 2.38. The van der Waals surface area contributed by atoms with Gasteiger partial charge >= 0.3 is 0 Å². The van der Waals surface area contributed by atoms with E-state index in [0.717, 1.165) is 5.56 Å². The van der Waals surface area contributed by atoms with Crippen molar-refractivity contribution in [1.82, 2.24) is 0 Å². The Kier molecular flexibility index (Phi) is 6.06. The standard InChI is InChI=1S/C12H17NO4/c1-10(13-15)11-3-2-4-12(9-11)17-8-7-16-6-5-14/h2-4,9,14-15H,5-8H2,1H3/b13-10-. The molecule has 0 heterocycles. The molecule has 94 valence electrons. The van der Waals surface area contributed by atoms with Crippen molar-refractivity contribution >= 4 is 5.71 Å². The zero-order chi connectivity index (χ0) is 12.5. The van der Waals surface area contributed by atoms with Gasteiger partial charge in [-0.05, 0) is 19.1 Å². The van der Waals surface area contributed by atoms with E-state index in [4.69, 9.17) is 19.8 Å². The van der Waals surface area contributed by atoms with Crippen LogP contribution in [0.3, 0.4) is 0 Å². The molecule has 0 saturated carbocycles. The molecule has 17 heavy (non-hydrogen) atoms. The fourth-order valence-electron chi connectivity index (χ4n) is 1.25. The first-order chi connectivity index (χ1) is 8.27. The normalized spacial score (nSPS) is 11.5. The highest BCUT2D eigenvalue weighted by Gasteiger charge is 2.00. The van der Waals surface area contributed by atoms with Crippen molar-refractivity contribution in [3.8, 4) is 5.75 Å². The van der Waals surface area contributed by atoms with Crippen molar-refractivity contribution in [3.63, 3.8) is 0 Å². The molecule has 0 aliphatic rings. The van der Waals surface area contributed by atoms with Crippen LogP contribution in [0, 0.1) is 0 Å². The van der Waals surface area contributed by atoms with Gasteiger partial charge in [-0.1, -0.05) is 17.3 Å². The van der Waals surface area contributed by atoms with Crippen LogP contribution in [-0.4, -0.2) is 42.5 Å². The summed E-state index contributed by atoms with van der Waals surface area (Å²) >= 11 is 0. The van der Waals surface area contributed by atoms with E-state index in [9.17, 15) is 0 Å². The van der Waals surface area contributed by atoms with Crippen molar-refractivity contribution in [2.75, 3.05) is 26.4 Å². The fraction of sp³-hybridized carbons (Fsp3) is 0.417. The van der Waals surface area contributed by atoms with E-state index in [1.807, 2.05) is 18.2 Å². The first-order valence-electron chi connectivity index (χ1n) is 5.38. The van der Waals surface area contributed by atoms with Crippen molar-refractivity contribution < 1.29 is 19.8 Å². The molecule has 0 aliphatic carbocycles. The highest BCUT2D eigenvalue weighted by molar-refractivity contribution is 5.98. The number of benzene rings is 1. The first kappa shape index (κ1) is 13.5. The lowest BCUT2D eigenvalue weighted by atomic mass is 10.1. The molecule has 2 N–H and O–H groups in total. The van der Waals surface area contributed by atoms with E-state index < -0.39 is 0 Å². The molecule has 0 fully saturated rings. The molecule has 0 atom stereocenters. The number of nitrogens with zero attached hydrogens (tertiary/aromatic N) is 1. The molecule has 0 saturated heterocycles. The topological polar surface area (TPSA) is 71.3 Å². The molecule has 1 aromatic rings. The SMILES string of the molecule is C/C(=N/O)c1cccc(OCCOCCO)c1. The Balaban J connectivity index is 2.43. The highest BCUT2D eigenvalue weighted by Crippen LogP contribution is 2.13. The molecule has 5 heteroatoms. The molecular formula is C12H17NO4. The minimum Gasteiger partial charge on any atom is -0.491 e. The number of hydrogen-bond donors (Lipinski definition) is 2. The van der Waals surface area contributed by atoms with Gasteiger partial charge in [0.05, 0.1) is 25.5 Å². The Hall–Kier alpha value is -1.59. The Labute approximate surface area is 100 Å². The molecule has 0 unspecified atom stereocenters. The second-order valence-corrected chi connectivity index (χ2v) is 3.40. The van der Waals surface area contributed by atoms with Gasteiger partial charge < -0.3 is 19.8 Å². The van der Waals surface area contributed by atoms with Gasteiger partial charge in [-0.2, -0.15) is 0 Å². The number of aliphatic hydroxyl groups is 1. The zero-order valence-electron chi connectivity index (χ0n) is 9.80. The summed E-state index contributed by atoms with van der Waals surface area (Å²) in [4.78, 5) is 0. The van der Waals surface area contributed by atoms with Gasteiger partial charge in [0.25, 0.3) is 0 Å². The number of oxime groups is 1. The van der Waals surface area contributed by atoms with Crippen LogP contribution in [0.4, 0.5) is 0 Å². The van der Waals surface area contributed by atoms with Crippen LogP contribution in [0.2, 0.25) is 0 Å². The van der Waals surface area contributed by atoms with Crippen LogP contribution in [0.5, 0.6) is 5.75 Å². The number of hydrogen-bond acceptors (Lipinski definition) is 5. The molecule has 0 spiro atoms. The predicted octanol–water partition coefficient (Wildman–Crippen LogP) is 1.27. The molecule has 0 aromatic heterocycles. The maximum Gasteiger partial charge on any atom is 0.120 e. The van der Waals surface area contributed by atoms with E-state index in [1.54, 1.807) is 13.0 Å². The Morgan fingerprint density at radius 1 is 1.29 bits per heavy atom. The van der Waals surface area contributed by atoms with E-state index in [2.05, 4.69) is 5.16 Å². The molecular weight excluding hydrogens is 222 g/mol. The Bertz CT molecular complexity index is 365. The average molecular weight is 239 g/mol. The van der Waals surface area contributed by atoms with Crippen LogP contribution in [0.25, 0.3) is 0 Å². The van der Waals surface area contributed by atoms with Gasteiger partial charge in [-0.3, -0.25) is 0 Å². The van der Waals surface area contributed by atoms with Crippen LogP contribution in [0.15, 0.2) is 29.4 Å². The molecule has 0 amide bonds. The highest BCUT2D eigenvalue weighted by atomic mass is 16.5. The van der Waals surface area contributed by atoms with E-state index in [0.29, 0.717) is 31.3 Å². The summed E-state index contributed by atoms with van der Waals surface area (Å²) in [5.41, 5.74) is 1.34. The number of ether oxygens (including phenoxy) is 2. The molecule has 5 nitrogen and oxygen atoms in total. The smallest absolute Gasteiger partial charge is 0.120 e. The summed E-state index contributed by atoms with van der Waals surface area (Å²) in [5.74, 6) is 0.693. The summed E-state index contributed by atoms with van der Waals surface area (Å²) in [6.07, 6.45) is 0. The lowest BCUT2D eigenvalue weighted by molar-refractivity contribution is 0.0705. The largest absolute Gasteiger partial charge is 0.491 e. The Morgan fingerprint density at radius 3 is 2.82 bits per heavy atom. The Morgan fingerprint density at radius 2 is 2.12 bits per heavy atom. The second kappa shape index (κ2) is 7.65. The summed E-state index contributed by atoms with van der Waals surface area (Å²) < 4.78 is 10.5. The predicted molar refractivity (Wildman–Crippen MR) is 63.8 cm³/mol. The van der Waals surface area contributed by atoms with Gasteiger partial charge in [0, 0.05) is 5.56 Å². The van der Waals surface area contributed by atoms with Gasteiger partial charge in [0.2, 0.25) is 0 Å². The summed E-state index contributed by atoms with van der Waals surface area (Å²) in [6.45, 7) is 2.89. The van der Waals surface area contributed by atoms with Crippen LogP contribution < -0.4 is 4.74 Å². The third-order valence-corrected chi connectivity index (χ3v) is 2.13. The summed E-state index contributed by atoms with van der Waals surface area (Å²) in [7, 11) is 0. The quantitative estimate of drug-likeness (QED) is 0.325.